The average Bonchev–Trinajstić information content (AvgIpc) is 2.87. The van der Waals surface area contributed by atoms with Crippen LogP contribution in [0.1, 0.15) is 12.6 Å². The van der Waals surface area contributed by atoms with Gasteiger partial charge in [-0.1, -0.05) is 0 Å². The Morgan fingerprint density at radius 2 is 2.33 bits per heavy atom. The average molecular weight is 395 g/mol. The first-order valence-electron chi connectivity index (χ1n) is 5.15. The number of ether oxygens (including phenoxy) is 1. The minimum absolute atomic E-state index is 0.188. The molecule has 0 bridgehead atoms. The Labute approximate surface area is 125 Å². The molecule has 0 spiro atoms. The van der Waals surface area contributed by atoms with E-state index in [1.54, 1.807) is 6.92 Å². The second kappa shape index (κ2) is 5.99. The van der Waals surface area contributed by atoms with Crippen LogP contribution in [0, 0.1) is 0 Å². The summed E-state index contributed by atoms with van der Waals surface area (Å²) in [7, 11) is 0. The molecule has 4 nitrogen and oxygen atoms in total. The van der Waals surface area contributed by atoms with Crippen LogP contribution in [-0.4, -0.2) is 17.6 Å². The molecule has 2 aromatic heterocycles. The summed E-state index contributed by atoms with van der Waals surface area (Å²) in [5.74, 6) is 0.394. The molecule has 96 valence electrons. The van der Waals surface area contributed by atoms with Crippen molar-refractivity contribution in [3.05, 3.63) is 26.3 Å². The number of hydrogen-bond donors (Lipinski definition) is 0. The van der Waals surface area contributed by atoms with Gasteiger partial charge in [0.1, 0.15) is 0 Å². The monoisotopic (exact) mass is 393 g/mol. The summed E-state index contributed by atoms with van der Waals surface area (Å²) in [4.78, 5) is 15.7. The fourth-order valence-electron chi connectivity index (χ4n) is 1.31. The number of thiazole rings is 1. The first-order valence-corrected chi connectivity index (χ1v) is 7.62. The van der Waals surface area contributed by atoms with Crippen LogP contribution < -0.4 is 0 Å². The molecule has 7 heteroatoms. The Hall–Kier alpha value is -0.660. The molecule has 0 N–H and O–H groups in total. The van der Waals surface area contributed by atoms with Crippen LogP contribution in [0.5, 0.6) is 0 Å². The highest BCUT2D eigenvalue weighted by Crippen LogP contribution is 2.34. The van der Waals surface area contributed by atoms with Crippen LogP contribution in [0.25, 0.3) is 10.8 Å². The van der Waals surface area contributed by atoms with Crippen LogP contribution in [-0.2, 0) is 16.0 Å². The zero-order valence-corrected chi connectivity index (χ0v) is 13.4. The molecule has 0 fully saturated rings. The van der Waals surface area contributed by atoms with Crippen molar-refractivity contribution in [3.63, 3.8) is 0 Å². The molecule has 2 heterocycles. The van der Waals surface area contributed by atoms with E-state index in [-0.39, 0.29) is 12.4 Å². The molecular formula is C11H9Br2NO3S. The zero-order chi connectivity index (χ0) is 13.1. The molecule has 0 aromatic carbocycles. The van der Waals surface area contributed by atoms with Gasteiger partial charge >= 0.3 is 5.97 Å². The summed E-state index contributed by atoms with van der Waals surface area (Å²) < 4.78 is 11.8. The highest BCUT2D eigenvalue weighted by Gasteiger charge is 2.14. The summed E-state index contributed by atoms with van der Waals surface area (Å²) >= 11 is 8.04. The molecule has 0 aliphatic heterocycles. The second-order valence-corrected chi connectivity index (χ2v) is 5.79. The first-order chi connectivity index (χ1) is 8.60. The predicted octanol–water partition coefficient (Wildman–Crippen LogP) is 4.03. The van der Waals surface area contributed by atoms with Gasteiger partial charge in [0.05, 0.1) is 23.2 Å². The lowest BCUT2D eigenvalue weighted by Gasteiger charge is -1.97. The van der Waals surface area contributed by atoms with Gasteiger partial charge in [-0.15, -0.1) is 11.3 Å². The molecule has 0 unspecified atom stereocenters. The van der Waals surface area contributed by atoms with Crippen LogP contribution in [0.15, 0.2) is 25.0 Å². The largest absolute Gasteiger partial charge is 0.466 e. The maximum absolute atomic E-state index is 11.3. The maximum atomic E-state index is 11.3. The van der Waals surface area contributed by atoms with E-state index in [2.05, 4.69) is 36.8 Å². The summed E-state index contributed by atoms with van der Waals surface area (Å²) in [5, 5.41) is 2.57. The Balaban J connectivity index is 2.13. The van der Waals surface area contributed by atoms with Crippen LogP contribution in [0.3, 0.4) is 0 Å². The van der Waals surface area contributed by atoms with Gasteiger partial charge in [-0.25, -0.2) is 4.98 Å². The van der Waals surface area contributed by atoms with Crippen molar-refractivity contribution in [1.29, 1.82) is 0 Å². The van der Waals surface area contributed by atoms with E-state index >= 15 is 0 Å². The second-order valence-electron chi connectivity index (χ2n) is 3.36. The van der Waals surface area contributed by atoms with Crippen molar-refractivity contribution < 1.29 is 13.9 Å². The highest BCUT2D eigenvalue weighted by atomic mass is 79.9. The van der Waals surface area contributed by atoms with Crippen LogP contribution >= 0.6 is 43.2 Å². The lowest BCUT2D eigenvalue weighted by Crippen LogP contribution is -2.07. The van der Waals surface area contributed by atoms with E-state index in [9.17, 15) is 4.79 Å². The maximum Gasteiger partial charge on any atom is 0.311 e. The van der Waals surface area contributed by atoms with Gasteiger partial charge in [0.2, 0.25) is 0 Å². The predicted molar refractivity (Wildman–Crippen MR) is 75.6 cm³/mol. The highest BCUT2D eigenvalue weighted by molar-refractivity contribution is 9.13. The van der Waals surface area contributed by atoms with Crippen molar-refractivity contribution in [1.82, 2.24) is 4.98 Å². The van der Waals surface area contributed by atoms with E-state index in [0.717, 1.165) is 9.48 Å². The van der Waals surface area contributed by atoms with Gasteiger partial charge < -0.3 is 9.15 Å². The smallest absolute Gasteiger partial charge is 0.311 e. The van der Waals surface area contributed by atoms with Gasteiger partial charge in [-0.05, 0) is 38.8 Å². The molecule has 0 aliphatic rings. The van der Waals surface area contributed by atoms with Gasteiger partial charge in [0, 0.05) is 11.4 Å². The summed E-state index contributed by atoms with van der Waals surface area (Å²) in [6.45, 7) is 2.16. The van der Waals surface area contributed by atoms with Crippen molar-refractivity contribution in [2.24, 2.45) is 0 Å². The minimum Gasteiger partial charge on any atom is -0.466 e. The minimum atomic E-state index is -0.267. The first kappa shape index (κ1) is 13.8. The summed E-state index contributed by atoms with van der Waals surface area (Å²) in [6.07, 6.45) is 0.188. The molecule has 0 saturated carbocycles. The lowest BCUT2D eigenvalue weighted by molar-refractivity contribution is -0.142. The van der Waals surface area contributed by atoms with Crippen molar-refractivity contribution in [2.75, 3.05) is 6.61 Å². The molecule has 0 radical (unpaired) electrons. The fraction of sp³-hybridized carbons (Fsp3) is 0.273. The van der Waals surface area contributed by atoms with Gasteiger partial charge in [0.15, 0.2) is 15.4 Å². The summed E-state index contributed by atoms with van der Waals surface area (Å²) in [6, 6.07) is 1.83. The zero-order valence-electron chi connectivity index (χ0n) is 9.41. The SMILES string of the molecule is CCOC(=O)Cc1csc(-c2cc(Br)c(Br)o2)n1. The van der Waals surface area contributed by atoms with Gasteiger partial charge in [0.25, 0.3) is 0 Å². The third-order valence-electron chi connectivity index (χ3n) is 2.04. The molecule has 0 amide bonds. The number of nitrogens with zero attached hydrogens (tertiary/aromatic N) is 1. The third-order valence-corrected chi connectivity index (χ3v) is 4.65. The van der Waals surface area contributed by atoms with E-state index in [1.807, 2.05) is 11.4 Å². The fourth-order valence-corrected chi connectivity index (χ4v) is 2.66. The van der Waals surface area contributed by atoms with Crippen molar-refractivity contribution in [2.45, 2.75) is 13.3 Å². The van der Waals surface area contributed by atoms with Gasteiger partial charge in [-0.2, -0.15) is 0 Å². The van der Waals surface area contributed by atoms with Crippen LogP contribution in [0.4, 0.5) is 0 Å². The Morgan fingerprint density at radius 3 is 2.94 bits per heavy atom. The standard InChI is InChI=1S/C11H9Br2NO3S/c1-2-16-9(15)3-6-5-18-11(14-6)8-4-7(12)10(13)17-8/h4-5H,2-3H2,1H3. The molecule has 0 aliphatic carbocycles. The Kier molecular flexibility index (Phi) is 4.58. The third kappa shape index (κ3) is 3.21. The van der Waals surface area contributed by atoms with Crippen molar-refractivity contribution in [3.8, 4) is 10.8 Å². The normalized spacial score (nSPS) is 10.6. The number of carbonyl (C=O) groups excluding carboxylic acids is 1. The Morgan fingerprint density at radius 1 is 1.56 bits per heavy atom. The van der Waals surface area contributed by atoms with E-state index < -0.39 is 0 Å². The van der Waals surface area contributed by atoms with Crippen molar-refractivity contribution >= 4 is 49.2 Å². The van der Waals surface area contributed by atoms with Gasteiger partial charge in [-0.3, -0.25) is 4.79 Å². The molecule has 2 aromatic rings. The quantitative estimate of drug-likeness (QED) is 0.734. The Bertz CT molecular complexity index is 545. The number of esters is 1. The molecule has 2 rings (SSSR count). The number of carbonyl (C=O) groups is 1. The molecular weight excluding hydrogens is 386 g/mol. The van der Waals surface area contributed by atoms with Crippen LogP contribution in [0.2, 0.25) is 0 Å². The molecule has 0 atom stereocenters. The topological polar surface area (TPSA) is 52.3 Å². The van der Waals surface area contributed by atoms with E-state index in [0.29, 0.717) is 22.7 Å². The number of rotatable bonds is 4. The number of furan rings is 1. The molecule has 0 saturated heterocycles. The summed E-state index contributed by atoms with van der Waals surface area (Å²) in [5.41, 5.74) is 0.692. The number of aromatic nitrogens is 1. The number of hydrogen-bond acceptors (Lipinski definition) is 5. The number of halogens is 2. The van der Waals surface area contributed by atoms with E-state index in [4.69, 9.17) is 9.15 Å². The van der Waals surface area contributed by atoms with E-state index in [1.165, 1.54) is 11.3 Å². The lowest BCUT2D eigenvalue weighted by atomic mass is 10.3. The molecule has 18 heavy (non-hydrogen) atoms.